The second kappa shape index (κ2) is 5.83. The zero-order valence-corrected chi connectivity index (χ0v) is 11.8. The molecule has 0 saturated heterocycles. The first kappa shape index (κ1) is 13.5. The molecule has 0 fully saturated rings. The lowest BCUT2D eigenvalue weighted by Crippen LogP contribution is -2.07. The van der Waals surface area contributed by atoms with Crippen LogP contribution in [0.25, 0.3) is 0 Å². The van der Waals surface area contributed by atoms with Gasteiger partial charge < -0.3 is 14.6 Å². The van der Waals surface area contributed by atoms with Gasteiger partial charge in [-0.05, 0) is 20.8 Å². The largest absolute Gasteiger partial charge is 0.461 e. The summed E-state index contributed by atoms with van der Waals surface area (Å²) in [5.74, 6) is 0.376. The Balaban J connectivity index is 2.01. The third-order valence-corrected chi connectivity index (χ3v) is 3.29. The molecule has 7 heteroatoms. The highest BCUT2D eigenvalue weighted by Gasteiger charge is 2.16. The van der Waals surface area contributed by atoms with E-state index < -0.39 is 0 Å². The number of nitrogens with one attached hydrogen (secondary N) is 1. The molecule has 0 aliphatic heterocycles. The standard InChI is InChI=1S/C12H15N3O3S/c1-4-17-11(16)10-8(3)19-12(14-10)13-6-9-5-7(2)18-15-9/h5H,4,6H2,1-3H3,(H,13,14). The number of hydrogen-bond acceptors (Lipinski definition) is 7. The Labute approximate surface area is 114 Å². The third kappa shape index (κ3) is 3.31. The smallest absolute Gasteiger partial charge is 0.358 e. The van der Waals surface area contributed by atoms with Crippen LogP contribution in [0.4, 0.5) is 5.13 Å². The summed E-state index contributed by atoms with van der Waals surface area (Å²) in [6.07, 6.45) is 0. The molecule has 6 nitrogen and oxygen atoms in total. The number of thiazole rings is 1. The number of anilines is 1. The number of hydrogen-bond donors (Lipinski definition) is 1. The van der Waals surface area contributed by atoms with Crippen LogP contribution >= 0.6 is 11.3 Å². The van der Waals surface area contributed by atoms with Crippen LogP contribution < -0.4 is 5.32 Å². The first-order chi connectivity index (χ1) is 9.10. The highest BCUT2D eigenvalue weighted by molar-refractivity contribution is 7.15. The van der Waals surface area contributed by atoms with Crippen LogP contribution in [-0.2, 0) is 11.3 Å². The van der Waals surface area contributed by atoms with Crippen molar-refractivity contribution in [2.24, 2.45) is 0 Å². The molecule has 0 aromatic carbocycles. The van der Waals surface area contributed by atoms with Crippen LogP contribution in [-0.4, -0.2) is 22.7 Å². The second-order valence-electron chi connectivity index (χ2n) is 3.93. The van der Waals surface area contributed by atoms with Gasteiger partial charge >= 0.3 is 5.97 Å². The fourth-order valence-electron chi connectivity index (χ4n) is 1.53. The molecule has 0 amide bonds. The van der Waals surface area contributed by atoms with Gasteiger partial charge in [0.25, 0.3) is 0 Å². The first-order valence-electron chi connectivity index (χ1n) is 5.90. The fourth-order valence-corrected chi connectivity index (χ4v) is 2.33. The maximum absolute atomic E-state index is 11.6. The minimum atomic E-state index is -0.387. The molecule has 0 atom stereocenters. The minimum Gasteiger partial charge on any atom is -0.461 e. The zero-order chi connectivity index (χ0) is 13.8. The maximum atomic E-state index is 11.6. The molecule has 19 heavy (non-hydrogen) atoms. The first-order valence-corrected chi connectivity index (χ1v) is 6.72. The molecule has 2 aromatic rings. The number of ether oxygens (including phenoxy) is 1. The number of nitrogens with zero attached hydrogens (tertiary/aromatic N) is 2. The van der Waals surface area contributed by atoms with Gasteiger partial charge in [0.1, 0.15) is 11.5 Å². The summed E-state index contributed by atoms with van der Waals surface area (Å²) in [6.45, 7) is 6.30. The number of carbonyl (C=O) groups excluding carboxylic acids is 1. The van der Waals surface area contributed by atoms with Crippen molar-refractivity contribution in [1.29, 1.82) is 0 Å². The average molecular weight is 281 g/mol. The lowest BCUT2D eigenvalue weighted by Gasteiger charge is -1.98. The summed E-state index contributed by atoms with van der Waals surface area (Å²) in [5.41, 5.74) is 1.16. The quantitative estimate of drug-likeness (QED) is 0.849. The predicted molar refractivity (Wildman–Crippen MR) is 71.4 cm³/mol. The Hall–Kier alpha value is -1.89. The van der Waals surface area contributed by atoms with E-state index in [0.717, 1.165) is 16.3 Å². The maximum Gasteiger partial charge on any atom is 0.358 e. The van der Waals surface area contributed by atoms with E-state index in [4.69, 9.17) is 9.26 Å². The highest BCUT2D eigenvalue weighted by Crippen LogP contribution is 2.23. The molecule has 0 saturated carbocycles. The minimum absolute atomic E-state index is 0.344. The monoisotopic (exact) mass is 281 g/mol. The Morgan fingerprint density at radius 3 is 2.95 bits per heavy atom. The number of carbonyl (C=O) groups is 1. The predicted octanol–water partition coefficient (Wildman–Crippen LogP) is 2.54. The molecule has 2 aromatic heterocycles. The van der Waals surface area contributed by atoms with Gasteiger partial charge in [-0.2, -0.15) is 0 Å². The molecule has 0 spiro atoms. The molecule has 1 N–H and O–H groups in total. The van der Waals surface area contributed by atoms with E-state index in [1.807, 2.05) is 19.9 Å². The summed E-state index contributed by atoms with van der Waals surface area (Å²) in [6, 6.07) is 1.85. The van der Waals surface area contributed by atoms with Crippen LogP contribution in [0.1, 0.15) is 33.7 Å². The van der Waals surface area contributed by atoms with E-state index in [2.05, 4.69) is 15.5 Å². The summed E-state index contributed by atoms with van der Waals surface area (Å²) in [7, 11) is 0. The molecule has 0 aliphatic carbocycles. The van der Waals surface area contributed by atoms with Gasteiger partial charge in [-0.25, -0.2) is 9.78 Å². The summed E-state index contributed by atoms with van der Waals surface area (Å²) in [5, 5.41) is 7.65. The second-order valence-corrected chi connectivity index (χ2v) is 5.13. The van der Waals surface area contributed by atoms with Gasteiger partial charge in [-0.1, -0.05) is 5.16 Å². The van der Waals surface area contributed by atoms with Crippen molar-refractivity contribution in [1.82, 2.24) is 10.1 Å². The van der Waals surface area contributed by atoms with E-state index in [0.29, 0.717) is 24.0 Å². The Bertz CT molecular complexity index is 577. The van der Waals surface area contributed by atoms with E-state index >= 15 is 0 Å². The van der Waals surface area contributed by atoms with Crippen molar-refractivity contribution >= 4 is 22.4 Å². The van der Waals surface area contributed by atoms with Crippen molar-refractivity contribution < 1.29 is 14.1 Å². The Morgan fingerprint density at radius 2 is 2.32 bits per heavy atom. The number of rotatable bonds is 5. The molecule has 0 bridgehead atoms. The van der Waals surface area contributed by atoms with Gasteiger partial charge in [0.2, 0.25) is 0 Å². The molecular weight excluding hydrogens is 266 g/mol. The van der Waals surface area contributed by atoms with E-state index in [9.17, 15) is 4.79 Å². The summed E-state index contributed by atoms with van der Waals surface area (Å²) < 4.78 is 9.91. The fraction of sp³-hybridized carbons (Fsp3) is 0.417. The van der Waals surface area contributed by atoms with Crippen molar-refractivity contribution in [2.75, 3.05) is 11.9 Å². The third-order valence-electron chi connectivity index (χ3n) is 2.36. The van der Waals surface area contributed by atoms with Crippen molar-refractivity contribution in [3.8, 4) is 0 Å². The van der Waals surface area contributed by atoms with Crippen molar-refractivity contribution in [3.05, 3.63) is 28.1 Å². The van der Waals surface area contributed by atoms with Gasteiger partial charge in [0.05, 0.1) is 13.2 Å². The van der Waals surface area contributed by atoms with E-state index in [-0.39, 0.29) is 5.97 Å². The molecule has 0 aliphatic rings. The number of aromatic nitrogens is 2. The van der Waals surface area contributed by atoms with E-state index in [1.54, 1.807) is 6.92 Å². The molecule has 102 valence electrons. The van der Waals surface area contributed by atoms with Crippen molar-refractivity contribution in [3.63, 3.8) is 0 Å². The molecule has 0 radical (unpaired) electrons. The lowest BCUT2D eigenvalue weighted by molar-refractivity contribution is 0.0519. The molecule has 0 unspecified atom stereocenters. The Morgan fingerprint density at radius 1 is 1.53 bits per heavy atom. The van der Waals surface area contributed by atoms with Crippen LogP contribution in [0.5, 0.6) is 0 Å². The normalized spacial score (nSPS) is 10.5. The molecule has 2 heterocycles. The molecular formula is C12H15N3O3S. The highest BCUT2D eigenvalue weighted by atomic mass is 32.1. The summed E-state index contributed by atoms with van der Waals surface area (Å²) in [4.78, 5) is 16.7. The van der Waals surface area contributed by atoms with Gasteiger partial charge in [-0.3, -0.25) is 0 Å². The summed E-state index contributed by atoms with van der Waals surface area (Å²) >= 11 is 1.41. The van der Waals surface area contributed by atoms with Crippen LogP contribution in [0.3, 0.4) is 0 Å². The van der Waals surface area contributed by atoms with Gasteiger partial charge in [-0.15, -0.1) is 11.3 Å². The van der Waals surface area contributed by atoms with E-state index in [1.165, 1.54) is 11.3 Å². The van der Waals surface area contributed by atoms with Crippen molar-refractivity contribution in [2.45, 2.75) is 27.3 Å². The zero-order valence-electron chi connectivity index (χ0n) is 11.0. The molecule has 2 rings (SSSR count). The lowest BCUT2D eigenvalue weighted by atomic mass is 10.4. The van der Waals surface area contributed by atoms with Crippen LogP contribution in [0.15, 0.2) is 10.6 Å². The Kier molecular flexibility index (Phi) is 4.16. The van der Waals surface area contributed by atoms with Gasteiger partial charge in [0.15, 0.2) is 10.8 Å². The topological polar surface area (TPSA) is 77.2 Å². The number of aryl methyl sites for hydroxylation is 2. The number of esters is 1. The SMILES string of the molecule is CCOC(=O)c1nc(NCc2cc(C)on2)sc1C. The van der Waals surface area contributed by atoms with Gasteiger partial charge in [0, 0.05) is 10.9 Å². The van der Waals surface area contributed by atoms with Crippen LogP contribution in [0.2, 0.25) is 0 Å². The van der Waals surface area contributed by atoms with Crippen LogP contribution in [0, 0.1) is 13.8 Å². The average Bonchev–Trinajstić information content (AvgIpc) is 2.93.